The van der Waals surface area contributed by atoms with Gasteiger partial charge in [-0.25, -0.2) is 0 Å². The van der Waals surface area contributed by atoms with E-state index in [4.69, 9.17) is 0 Å². The molecule has 0 amide bonds. The van der Waals surface area contributed by atoms with Gasteiger partial charge in [0.05, 0.1) is 0 Å². The Balaban J connectivity index is 2.06. The molecule has 0 aromatic rings. The Labute approximate surface area is 63.1 Å². The summed E-state index contributed by atoms with van der Waals surface area (Å²) in [6.45, 7) is 5.68. The zero-order valence-corrected chi connectivity index (χ0v) is 6.56. The van der Waals surface area contributed by atoms with E-state index in [1.807, 2.05) is 0 Å². The zero-order chi connectivity index (χ0) is 7.03. The Morgan fingerprint density at radius 3 is 3.20 bits per heavy atom. The molecule has 1 unspecified atom stereocenters. The van der Waals surface area contributed by atoms with Crippen molar-refractivity contribution in [2.24, 2.45) is 5.92 Å². The van der Waals surface area contributed by atoms with Gasteiger partial charge in [0.1, 0.15) is 0 Å². The summed E-state index contributed by atoms with van der Waals surface area (Å²) in [7, 11) is 0. The Kier molecular flexibility index (Phi) is 1.45. The number of nitrogens with one attached hydrogen (secondary N) is 1. The number of fused-ring (bicyclic) bond motifs is 1. The van der Waals surface area contributed by atoms with E-state index in [9.17, 15) is 0 Å². The van der Waals surface area contributed by atoms with Crippen LogP contribution >= 0.6 is 0 Å². The van der Waals surface area contributed by atoms with Crippen molar-refractivity contribution in [3.63, 3.8) is 0 Å². The van der Waals surface area contributed by atoms with Gasteiger partial charge in [-0.1, -0.05) is 0 Å². The van der Waals surface area contributed by atoms with E-state index in [0.29, 0.717) is 5.44 Å². The Bertz CT molecular complexity index is 167. The summed E-state index contributed by atoms with van der Waals surface area (Å²) in [5, 5.41) is 3.57. The second-order valence-corrected chi connectivity index (χ2v) is 3.44. The third kappa shape index (κ3) is 0.716. The normalized spacial score (nSPS) is 42.3. The van der Waals surface area contributed by atoms with Crippen LogP contribution in [0.5, 0.6) is 0 Å². The molecule has 1 aliphatic heterocycles. The predicted octanol–water partition coefficient (Wildman–Crippen LogP) is 0.612. The molecule has 1 aliphatic carbocycles. The Morgan fingerprint density at radius 2 is 2.70 bits per heavy atom. The van der Waals surface area contributed by atoms with Crippen LogP contribution in [0, 0.1) is 5.92 Å². The molecule has 0 radical (unpaired) electrons. The first-order valence-corrected chi connectivity index (χ1v) is 4.30. The van der Waals surface area contributed by atoms with Gasteiger partial charge in [0, 0.05) is 0 Å². The molecule has 2 atom stereocenters. The summed E-state index contributed by atoms with van der Waals surface area (Å²) in [4.78, 5) is 0. The molecule has 54 valence electrons. The van der Waals surface area contributed by atoms with Crippen LogP contribution in [0.1, 0.15) is 26.2 Å². The maximum atomic E-state index is 3.57. The summed E-state index contributed by atoms with van der Waals surface area (Å²) in [6.07, 6.45) is 4.11. The summed E-state index contributed by atoms with van der Waals surface area (Å²) < 4.78 is 0. The van der Waals surface area contributed by atoms with Gasteiger partial charge in [-0.05, 0) is 0 Å². The van der Waals surface area contributed by atoms with Gasteiger partial charge in [0.15, 0.2) is 0 Å². The molecule has 2 aliphatic rings. The second kappa shape index (κ2) is 2.19. The molecular formula is C8H14BN. The summed E-state index contributed by atoms with van der Waals surface area (Å²) in [6, 6.07) is 0. The van der Waals surface area contributed by atoms with Crippen molar-refractivity contribution in [1.82, 2.24) is 5.32 Å². The summed E-state index contributed by atoms with van der Waals surface area (Å²) in [5.74, 6) is 3.27. The van der Waals surface area contributed by atoms with Crippen LogP contribution in [-0.2, 0) is 0 Å². The fourth-order valence-corrected chi connectivity index (χ4v) is 2.27. The number of hydrogen-bond donors (Lipinski definition) is 1. The van der Waals surface area contributed by atoms with E-state index in [2.05, 4.69) is 25.1 Å². The van der Waals surface area contributed by atoms with E-state index >= 15 is 0 Å². The van der Waals surface area contributed by atoms with Gasteiger partial charge >= 0.3 is 62.3 Å². The van der Waals surface area contributed by atoms with Crippen LogP contribution in [-0.4, -0.2) is 24.9 Å². The Morgan fingerprint density at radius 1 is 1.80 bits per heavy atom. The predicted molar refractivity (Wildman–Crippen MR) is 45.6 cm³/mol. The van der Waals surface area contributed by atoms with Crippen molar-refractivity contribution >= 4 is 12.9 Å². The molecule has 1 heterocycles. The molecule has 10 heavy (non-hydrogen) atoms. The Hall–Kier alpha value is -0.105. The van der Waals surface area contributed by atoms with E-state index in [1.54, 1.807) is 0 Å². The first-order valence-electron chi connectivity index (χ1n) is 4.30. The average molecular weight is 135 g/mol. The van der Waals surface area contributed by atoms with Crippen LogP contribution in [0.15, 0.2) is 0 Å². The molecule has 0 aromatic carbocycles. The van der Waals surface area contributed by atoms with E-state index in [1.165, 1.54) is 19.3 Å². The molecule has 0 aromatic heterocycles. The quantitative estimate of drug-likeness (QED) is 0.547. The summed E-state index contributed by atoms with van der Waals surface area (Å²) in [5.41, 5.74) is 0.453. The van der Waals surface area contributed by atoms with Gasteiger partial charge in [-0.2, -0.15) is 0 Å². The van der Waals surface area contributed by atoms with E-state index in [0.717, 1.165) is 12.5 Å². The van der Waals surface area contributed by atoms with Crippen molar-refractivity contribution < 1.29 is 0 Å². The van der Waals surface area contributed by atoms with Gasteiger partial charge in [-0.3, -0.25) is 0 Å². The van der Waals surface area contributed by atoms with Crippen molar-refractivity contribution in [3.8, 4) is 0 Å². The molecule has 0 spiro atoms. The third-order valence-electron chi connectivity index (χ3n) is 2.98. The average Bonchev–Trinajstić information content (AvgIpc) is 2.15. The van der Waals surface area contributed by atoms with Crippen LogP contribution in [0.4, 0.5) is 0 Å². The minimum atomic E-state index is 0.453. The standard InChI is InChI=1S/C8H14BN/c1-2-10-8-5-3-7(8)4-6-9-8/h6-7,10H,2-5H2,1H3/t7?,8-/m0/s1. The second-order valence-electron chi connectivity index (χ2n) is 3.44. The monoisotopic (exact) mass is 135 g/mol. The fourth-order valence-electron chi connectivity index (χ4n) is 2.27. The van der Waals surface area contributed by atoms with Crippen molar-refractivity contribution in [2.75, 3.05) is 6.54 Å². The van der Waals surface area contributed by atoms with Crippen LogP contribution in [0.3, 0.4) is 0 Å². The zero-order valence-electron chi connectivity index (χ0n) is 6.56. The van der Waals surface area contributed by atoms with Gasteiger partial charge in [0.25, 0.3) is 0 Å². The summed E-state index contributed by atoms with van der Waals surface area (Å²) >= 11 is 0. The molecule has 2 rings (SSSR count). The molecule has 0 saturated heterocycles. The van der Waals surface area contributed by atoms with Gasteiger partial charge < -0.3 is 0 Å². The molecular weight excluding hydrogens is 121 g/mol. The molecule has 2 heteroatoms. The molecule has 1 fully saturated rings. The number of hydrogen-bond acceptors (Lipinski definition) is 1. The van der Waals surface area contributed by atoms with Crippen LogP contribution in [0.2, 0.25) is 0 Å². The first kappa shape index (κ1) is 6.60. The first-order chi connectivity index (χ1) is 4.87. The molecule has 0 bridgehead atoms. The van der Waals surface area contributed by atoms with Crippen molar-refractivity contribution in [1.29, 1.82) is 0 Å². The maximum absolute atomic E-state index is 3.57. The SMILES string of the molecule is CCN[C@]12B=CCC1CC2. The van der Waals surface area contributed by atoms with Crippen LogP contribution in [0.25, 0.3) is 0 Å². The molecule has 1 N–H and O–H groups in total. The van der Waals surface area contributed by atoms with E-state index < -0.39 is 0 Å². The number of rotatable bonds is 2. The molecule has 1 nitrogen and oxygen atoms in total. The van der Waals surface area contributed by atoms with Crippen molar-refractivity contribution in [3.05, 3.63) is 0 Å². The fraction of sp³-hybridized carbons (Fsp3) is 0.875. The van der Waals surface area contributed by atoms with Gasteiger partial charge in [0.2, 0.25) is 0 Å². The van der Waals surface area contributed by atoms with Crippen molar-refractivity contribution in [2.45, 2.75) is 31.6 Å². The molecule has 1 saturated carbocycles. The van der Waals surface area contributed by atoms with E-state index in [-0.39, 0.29) is 0 Å². The topological polar surface area (TPSA) is 12.0 Å². The van der Waals surface area contributed by atoms with Crippen LogP contribution < -0.4 is 5.32 Å². The van der Waals surface area contributed by atoms with Gasteiger partial charge in [-0.15, -0.1) is 0 Å². The minimum absolute atomic E-state index is 0.453. The third-order valence-corrected chi connectivity index (χ3v) is 2.98.